The molecule has 0 N–H and O–H groups in total. The predicted octanol–water partition coefficient (Wildman–Crippen LogP) is 4.22. The molecule has 0 spiro atoms. The Morgan fingerprint density at radius 1 is 1.42 bits per heavy atom. The summed E-state index contributed by atoms with van der Waals surface area (Å²) in [6.45, 7) is 5.62. The van der Waals surface area contributed by atoms with E-state index in [1.807, 2.05) is 0 Å². The minimum absolute atomic E-state index is 0.326. The van der Waals surface area contributed by atoms with Gasteiger partial charge in [0.15, 0.2) is 0 Å². The van der Waals surface area contributed by atoms with E-state index in [0.29, 0.717) is 37.9 Å². The fourth-order valence-corrected chi connectivity index (χ4v) is 6.39. The van der Waals surface area contributed by atoms with Crippen molar-refractivity contribution in [3.63, 3.8) is 0 Å². The molecule has 19 heavy (non-hydrogen) atoms. The molecular weight excluding hydrogens is 370 g/mol. The highest BCUT2D eigenvalue weighted by Crippen LogP contribution is 2.37. The maximum absolute atomic E-state index is 12.5. The Hall–Kier alpha value is 0.380. The number of hydrogen-bond acceptors (Lipinski definition) is 3. The topological polar surface area (TPSA) is 37.4 Å². The molecule has 1 aliphatic rings. The van der Waals surface area contributed by atoms with Gasteiger partial charge in [-0.15, -0.1) is 11.3 Å². The minimum Gasteiger partial charge on any atom is -0.206 e. The second-order valence-corrected chi connectivity index (χ2v) is 10.1. The average Bonchev–Trinajstić information content (AvgIpc) is 2.70. The third-order valence-electron chi connectivity index (χ3n) is 3.66. The fourth-order valence-electron chi connectivity index (χ4n) is 2.36. The van der Waals surface area contributed by atoms with Crippen molar-refractivity contribution in [3.05, 3.63) is 14.9 Å². The van der Waals surface area contributed by atoms with E-state index in [1.165, 1.54) is 17.4 Å². The van der Waals surface area contributed by atoms with E-state index in [2.05, 4.69) is 29.8 Å². The van der Waals surface area contributed by atoms with Crippen molar-refractivity contribution in [3.8, 4) is 0 Å². The van der Waals surface area contributed by atoms with Crippen molar-refractivity contribution in [1.82, 2.24) is 4.31 Å². The van der Waals surface area contributed by atoms with Crippen LogP contribution >= 0.6 is 38.9 Å². The van der Waals surface area contributed by atoms with E-state index in [1.54, 1.807) is 4.31 Å². The van der Waals surface area contributed by atoms with Crippen LogP contribution < -0.4 is 0 Å². The lowest BCUT2D eigenvalue weighted by atomic mass is 9.87. The number of hydrogen-bond donors (Lipinski definition) is 0. The molecular formula is C12H17BrClNO2S2. The van der Waals surface area contributed by atoms with Crippen molar-refractivity contribution in [1.29, 1.82) is 0 Å². The molecule has 0 atom stereocenters. The van der Waals surface area contributed by atoms with Crippen LogP contribution in [0.3, 0.4) is 0 Å². The quantitative estimate of drug-likeness (QED) is 0.780. The smallest absolute Gasteiger partial charge is 0.206 e. The van der Waals surface area contributed by atoms with Gasteiger partial charge in [0.2, 0.25) is 0 Å². The fraction of sp³-hybridized carbons (Fsp3) is 0.667. The van der Waals surface area contributed by atoms with Crippen molar-refractivity contribution in [2.45, 2.75) is 30.9 Å². The molecule has 1 fully saturated rings. The molecule has 0 bridgehead atoms. The van der Waals surface area contributed by atoms with E-state index in [9.17, 15) is 8.42 Å². The van der Waals surface area contributed by atoms with Crippen molar-refractivity contribution in [2.24, 2.45) is 11.8 Å². The summed E-state index contributed by atoms with van der Waals surface area (Å²) >= 11 is 10.4. The van der Waals surface area contributed by atoms with Crippen LogP contribution in [0.4, 0.5) is 0 Å². The predicted molar refractivity (Wildman–Crippen MR) is 83.3 cm³/mol. The monoisotopic (exact) mass is 385 g/mol. The number of halogens is 2. The molecule has 0 amide bonds. The first-order valence-corrected chi connectivity index (χ1v) is 9.70. The highest BCUT2D eigenvalue weighted by Gasteiger charge is 2.31. The molecule has 3 nitrogen and oxygen atoms in total. The molecule has 1 aromatic heterocycles. The average molecular weight is 387 g/mol. The van der Waals surface area contributed by atoms with Gasteiger partial charge < -0.3 is 0 Å². The molecule has 0 saturated carbocycles. The van der Waals surface area contributed by atoms with Crippen molar-refractivity contribution in [2.75, 3.05) is 13.1 Å². The highest BCUT2D eigenvalue weighted by molar-refractivity contribution is 9.11. The molecule has 7 heteroatoms. The summed E-state index contributed by atoms with van der Waals surface area (Å²) in [5.41, 5.74) is 0. The highest BCUT2D eigenvalue weighted by atomic mass is 79.9. The summed E-state index contributed by atoms with van der Waals surface area (Å²) in [5.74, 6) is 1.25. The number of sulfonamides is 1. The van der Waals surface area contributed by atoms with Crippen LogP contribution in [0.1, 0.15) is 26.7 Å². The van der Waals surface area contributed by atoms with Crippen molar-refractivity contribution >= 4 is 48.9 Å². The van der Waals surface area contributed by atoms with Gasteiger partial charge in [-0.3, -0.25) is 0 Å². The standard InChI is InChI=1S/C12H17BrClNO2S2/c1-8(2)9-3-5-15(6-4-9)19(16,17)11-7-10(14)12(13)18-11/h7-9H,3-6H2,1-2H3. The van der Waals surface area contributed by atoms with Gasteiger partial charge in [0, 0.05) is 13.1 Å². The van der Waals surface area contributed by atoms with E-state index >= 15 is 0 Å². The van der Waals surface area contributed by atoms with Gasteiger partial charge in [0.1, 0.15) is 4.21 Å². The molecule has 0 radical (unpaired) electrons. The zero-order valence-electron chi connectivity index (χ0n) is 10.9. The molecule has 108 valence electrons. The van der Waals surface area contributed by atoms with Crippen LogP contribution in [0.2, 0.25) is 5.02 Å². The minimum atomic E-state index is -3.38. The summed E-state index contributed by atoms with van der Waals surface area (Å²) in [6, 6.07) is 1.53. The second kappa shape index (κ2) is 6.02. The maximum atomic E-state index is 12.5. The Morgan fingerprint density at radius 2 is 2.00 bits per heavy atom. The van der Waals surface area contributed by atoms with Crippen LogP contribution in [0, 0.1) is 11.8 Å². The zero-order chi connectivity index (χ0) is 14.2. The molecule has 2 heterocycles. The lowest BCUT2D eigenvalue weighted by Crippen LogP contribution is -2.39. The maximum Gasteiger partial charge on any atom is 0.252 e. The third kappa shape index (κ3) is 3.35. The Labute approximate surface area is 132 Å². The van der Waals surface area contributed by atoms with E-state index in [-0.39, 0.29) is 0 Å². The summed E-state index contributed by atoms with van der Waals surface area (Å²) in [6.07, 6.45) is 1.88. The molecule has 1 aliphatic heterocycles. The zero-order valence-corrected chi connectivity index (χ0v) is 14.9. The van der Waals surface area contributed by atoms with Gasteiger partial charge in [-0.05, 0) is 46.7 Å². The number of rotatable bonds is 3. The van der Waals surface area contributed by atoms with E-state index in [0.717, 1.165) is 12.8 Å². The van der Waals surface area contributed by atoms with Gasteiger partial charge in [-0.1, -0.05) is 25.4 Å². The number of thiophene rings is 1. The molecule has 2 rings (SSSR count). The second-order valence-electron chi connectivity index (χ2n) is 5.17. The Bertz CT molecular complexity index is 529. The SMILES string of the molecule is CC(C)C1CCN(S(=O)(=O)c2cc(Cl)c(Br)s2)CC1. The summed E-state index contributed by atoms with van der Waals surface area (Å²) < 4.78 is 27.6. The summed E-state index contributed by atoms with van der Waals surface area (Å²) in [4.78, 5) is 0. The van der Waals surface area contributed by atoms with Gasteiger partial charge in [-0.2, -0.15) is 4.31 Å². The van der Waals surface area contributed by atoms with E-state index < -0.39 is 10.0 Å². The molecule has 1 saturated heterocycles. The van der Waals surface area contributed by atoms with Crippen LogP contribution in [0.5, 0.6) is 0 Å². The Balaban J connectivity index is 2.14. The lowest BCUT2D eigenvalue weighted by molar-refractivity contribution is 0.227. The van der Waals surface area contributed by atoms with Gasteiger partial charge in [0.05, 0.1) is 8.81 Å². The van der Waals surface area contributed by atoms with Gasteiger partial charge in [0.25, 0.3) is 10.0 Å². The third-order valence-corrected chi connectivity index (χ3v) is 8.48. The largest absolute Gasteiger partial charge is 0.252 e. The molecule has 0 aliphatic carbocycles. The Morgan fingerprint density at radius 3 is 2.42 bits per heavy atom. The first-order chi connectivity index (χ1) is 8.82. The first kappa shape index (κ1) is 15.8. The Kier molecular flexibility index (Phi) is 4.99. The molecule has 1 aromatic rings. The van der Waals surface area contributed by atoms with Gasteiger partial charge in [-0.25, -0.2) is 8.42 Å². The molecule has 0 unspecified atom stereocenters. The first-order valence-electron chi connectivity index (χ1n) is 6.27. The lowest BCUT2D eigenvalue weighted by Gasteiger charge is -2.32. The van der Waals surface area contributed by atoms with Crippen LogP contribution in [-0.4, -0.2) is 25.8 Å². The number of nitrogens with zero attached hydrogens (tertiary/aromatic N) is 1. The van der Waals surface area contributed by atoms with Gasteiger partial charge >= 0.3 is 0 Å². The normalized spacial score (nSPS) is 19.2. The van der Waals surface area contributed by atoms with Crippen LogP contribution in [-0.2, 0) is 10.0 Å². The summed E-state index contributed by atoms with van der Waals surface area (Å²) in [7, 11) is -3.38. The van der Waals surface area contributed by atoms with Crippen molar-refractivity contribution < 1.29 is 8.42 Å². The number of piperidine rings is 1. The van der Waals surface area contributed by atoms with E-state index in [4.69, 9.17) is 11.6 Å². The molecule has 0 aromatic carbocycles. The van der Waals surface area contributed by atoms with Crippen LogP contribution in [0.25, 0.3) is 0 Å². The van der Waals surface area contributed by atoms with Crippen LogP contribution in [0.15, 0.2) is 14.1 Å². The summed E-state index contributed by atoms with van der Waals surface area (Å²) in [5, 5.41) is 0.459.